The van der Waals surface area contributed by atoms with E-state index >= 15 is 0 Å². The summed E-state index contributed by atoms with van der Waals surface area (Å²) >= 11 is 0. The van der Waals surface area contributed by atoms with Crippen LogP contribution in [0.25, 0.3) is 6.08 Å². The van der Waals surface area contributed by atoms with Crippen molar-refractivity contribution in [3.8, 4) is 6.07 Å². The molecule has 0 spiro atoms. The number of hydrogen-bond donors (Lipinski definition) is 0. The molecule has 1 aliphatic rings. The van der Waals surface area contributed by atoms with Crippen molar-refractivity contribution in [3.63, 3.8) is 0 Å². The Labute approximate surface area is 88.3 Å². The zero-order valence-corrected chi connectivity index (χ0v) is 8.40. The zero-order chi connectivity index (χ0) is 10.7. The topological polar surface area (TPSA) is 45.4 Å². The third-order valence-electron chi connectivity index (χ3n) is 2.27. The van der Waals surface area contributed by atoms with E-state index in [1.54, 1.807) is 12.1 Å². The van der Waals surface area contributed by atoms with Crippen LogP contribution in [-0.4, -0.2) is 12.3 Å². The van der Waals surface area contributed by atoms with E-state index < -0.39 is 0 Å². The highest BCUT2D eigenvalue weighted by Crippen LogP contribution is 2.14. The Morgan fingerprint density at radius 3 is 2.67 bits per heavy atom. The standard InChI is InChI=1S/C12H10N2O/c1-9-12(8-15-14-9)6-10-2-4-11(7-13)5-3-10/h2-6H,8H2,1H3/b12-6-. The second-order valence-corrected chi connectivity index (χ2v) is 3.35. The molecule has 0 fully saturated rings. The van der Waals surface area contributed by atoms with E-state index in [1.165, 1.54) is 0 Å². The van der Waals surface area contributed by atoms with Gasteiger partial charge in [-0.15, -0.1) is 0 Å². The van der Waals surface area contributed by atoms with Crippen molar-refractivity contribution < 1.29 is 4.84 Å². The van der Waals surface area contributed by atoms with Gasteiger partial charge >= 0.3 is 0 Å². The maximum Gasteiger partial charge on any atom is 0.144 e. The van der Waals surface area contributed by atoms with E-state index in [0.29, 0.717) is 12.2 Å². The molecule has 1 aromatic rings. The number of nitriles is 1. The van der Waals surface area contributed by atoms with Crippen molar-refractivity contribution in [2.45, 2.75) is 6.92 Å². The molecular weight excluding hydrogens is 188 g/mol. The smallest absolute Gasteiger partial charge is 0.144 e. The van der Waals surface area contributed by atoms with Crippen LogP contribution in [0.3, 0.4) is 0 Å². The first kappa shape index (κ1) is 9.47. The van der Waals surface area contributed by atoms with Crippen LogP contribution in [-0.2, 0) is 4.84 Å². The molecule has 0 unspecified atom stereocenters. The van der Waals surface area contributed by atoms with Crippen LogP contribution < -0.4 is 0 Å². The lowest BCUT2D eigenvalue weighted by Gasteiger charge is -1.96. The molecule has 1 heterocycles. The minimum absolute atomic E-state index is 0.534. The molecule has 1 aromatic carbocycles. The van der Waals surface area contributed by atoms with E-state index in [1.807, 2.05) is 25.1 Å². The Hall–Kier alpha value is -2.08. The molecule has 0 saturated heterocycles. The molecule has 1 aliphatic heterocycles. The van der Waals surface area contributed by atoms with Gasteiger partial charge in [-0.1, -0.05) is 17.3 Å². The molecular formula is C12H10N2O. The highest BCUT2D eigenvalue weighted by Gasteiger charge is 2.09. The van der Waals surface area contributed by atoms with Gasteiger partial charge in [0.2, 0.25) is 0 Å². The normalized spacial score (nSPS) is 17.1. The number of hydrogen-bond acceptors (Lipinski definition) is 3. The second-order valence-electron chi connectivity index (χ2n) is 3.35. The number of oxime groups is 1. The van der Waals surface area contributed by atoms with Crippen LogP contribution in [0.15, 0.2) is 35.0 Å². The fourth-order valence-corrected chi connectivity index (χ4v) is 1.36. The number of rotatable bonds is 1. The summed E-state index contributed by atoms with van der Waals surface area (Å²) in [6, 6.07) is 9.52. The lowest BCUT2D eigenvalue weighted by Crippen LogP contribution is -1.93. The van der Waals surface area contributed by atoms with E-state index in [4.69, 9.17) is 10.1 Å². The SMILES string of the molecule is CC1=NOC/C1=C/c1ccc(C#N)cc1. The van der Waals surface area contributed by atoms with Gasteiger partial charge in [0.1, 0.15) is 6.61 Å². The first-order valence-corrected chi connectivity index (χ1v) is 4.67. The molecule has 0 saturated carbocycles. The molecule has 3 nitrogen and oxygen atoms in total. The Kier molecular flexibility index (Phi) is 2.51. The maximum atomic E-state index is 8.65. The summed E-state index contributed by atoms with van der Waals surface area (Å²) < 4.78 is 0. The fraction of sp³-hybridized carbons (Fsp3) is 0.167. The third-order valence-corrected chi connectivity index (χ3v) is 2.27. The van der Waals surface area contributed by atoms with Crippen LogP contribution >= 0.6 is 0 Å². The summed E-state index contributed by atoms with van der Waals surface area (Å²) in [6.07, 6.45) is 2.02. The van der Waals surface area contributed by atoms with Crippen molar-refractivity contribution >= 4 is 11.8 Å². The van der Waals surface area contributed by atoms with Crippen molar-refractivity contribution in [1.82, 2.24) is 0 Å². The first-order valence-electron chi connectivity index (χ1n) is 4.67. The van der Waals surface area contributed by atoms with Crippen molar-refractivity contribution in [2.24, 2.45) is 5.16 Å². The van der Waals surface area contributed by atoms with E-state index in [0.717, 1.165) is 16.8 Å². The Morgan fingerprint density at radius 2 is 2.13 bits per heavy atom. The van der Waals surface area contributed by atoms with Gasteiger partial charge in [0.05, 0.1) is 17.3 Å². The molecule has 0 atom stereocenters. The number of nitrogens with zero attached hydrogens (tertiary/aromatic N) is 2. The highest BCUT2D eigenvalue weighted by atomic mass is 16.6. The van der Waals surface area contributed by atoms with Crippen molar-refractivity contribution in [2.75, 3.05) is 6.61 Å². The van der Waals surface area contributed by atoms with Crippen LogP contribution in [0.2, 0.25) is 0 Å². The summed E-state index contributed by atoms with van der Waals surface area (Å²) in [5.74, 6) is 0. The number of benzene rings is 1. The average molecular weight is 198 g/mol. The van der Waals surface area contributed by atoms with Gasteiger partial charge in [0.25, 0.3) is 0 Å². The minimum Gasteiger partial charge on any atom is -0.391 e. The molecule has 74 valence electrons. The molecule has 0 N–H and O–H groups in total. The summed E-state index contributed by atoms with van der Waals surface area (Å²) in [6.45, 7) is 2.45. The van der Waals surface area contributed by atoms with Gasteiger partial charge in [0, 0.05) is 5.57 Å². The maximum absolute atomic E-state index is 8.65. The lowest BCUT2D eigenvalue weighted by molar-refractivity contribution is 0.187. The highest BCUT2D eigenvalue weighted by molar-refractivity contribution is 6.02. The Bertz CT molecular complexity index is 463. The van der Waals surface area contributed by atoms with E-state index in [2.05, 4.69) is 11.2 Å². The lowest BCUT2D eigenvalue weighted by atomic mass is 10.1. The quantitative estimate of drug-likeness (QED) is 0.695. The van der Waals surface area contributed by atoms with Crippen LogP contribution in [0.4, 0.5) is 0 Å². The van der Waals surface area contributed by atoms with Crippen LogP contribution in [0.1, 0.15) is 18.1 Å². The monoisotopic (exact) mass is 198 g/mol. The molecule has 0 aromatic heterocycles. The van der Waals surface area contributed by atoms with Gasteiger partial charge in [0.15, 0.2) is 0 Å². The molecule has 0 amide bonds. The molecule has 2 rings (SSSR count). The van der Waals surface area contributed by atoms with E-state index in [-0.39, 0.29) is 0 Å². The minimum atomic E-state index is 0.534. The van der Waals surface area contributed by atoms with Gasteiger partial charge in [-0.25, -0.2) is 0 Å². The first-order chi connectivity index (χ1) is 7.29. The van der Waals surface area contributed by atoms with Crippen LogP contribution in [0, 0.1) is 11.3 Å². The van der Waals surface area contributed by atoms with Gasteiger partial charge in [-0.05, 0) is 30.7 Å². The molecule has 3 heteroatoms. The zero-order valence-electron chi connectivity index (χ0n) is 8.40. The summed E-state index contributed by atoms with van der Waals surface area (Å²) in [5.41, 5.74) is 3.73. The summed E-state index contributed by atoms with van der Waals surface area (Å²) in [5, 5.41) is 12.5. The second kappa shape index (κ2) is 3.97. The molecule has 15 heavy (non-hydrogen) atoms. The Morgan fingerprint density at radius 1 is 1.40 bits per heavy atom. The Balaban J connectivity index is 2.25. The predicted molar refractivity (Wildman–Crippen MR) is 58.2 cm³/mol. The fourth-order valence-electron chi connectivity index (χ4n) is 1.36. The van der Waals surface area contributed by atoms with Crippen LogP contribution in [0.5, 0.6) is 0 Å². The molecule has 0 bridgehead atoms. The third kappa shape index (κ3) is 2.05. The van der Waals surface area contributed by atoms with E-state index in [9.17, 15) is 0 Å². The largest absolute Gasteiger partial charge is 0.391 e. The average Bonchev–Trinajstić information content (AvgIpc) is 2.66. The van der Waals surface area contributed by atoms with Gasteiger partial charge in [-0.3, -0.25) is 0 Å². The predicted octanol–water partition coefficient (Wildman–Crippen LogP) is 2.35. The molecule has 0 aliphatic carbocycles. The summed E-state index contributed by atoms with van der Waals surface area (Å²) in [7, 11) is 0. The van der Waals surface area contributed by atoms with Crippen molar-refractivity contribution in [1.29, 1.82) is 5.26 Å². The summed E-state index contributed by atoms with van der Waals surface area (Å²) in [4.78, 5) is 4.95. The van der Waals surface area contributed by atoms with Crippen molar-refractivity contribution in [3.05, 3.63) is 41.0 Å². The molecule has 0 radical (unpaired) electrons. The van der Waals surface area contributed by atoms with Gasteiger partial charge in [-0.2, -0.15) is 5.26 Å². The van der Waals surface area contributed by atoms with Gasteiger partial charge < -0.3 is 4.84 Å².